The predicted octanol–water partition coefficient (Wildman–Crippen LogP) is 4.55. The van der Waals surface area contributed by atoms with E-state index in [1.54, 1.807) is 56.8 Å². The zero-order chi connectivity index (χ0) is 27.1. The van der Waals surface area contributed by atoms with Gasteiger partial charge in [-0.3, -0.25) is 14.6 Å². The molecular weight excluding hydrogens is 482 g/mol. The second-order valence-corrected chi connectivity index (χ2v) is 9.31. The lowest BCUT2D eigenvalue weighted by Crippen LogP contribution is -2.24. The first-order valence-corrected chi connectivity index (χ1v) is 12.1. The Labute approximate surface area is 219 Å². The summed E-state index contributed by atoms with van der Waals surface area (Å²) in [6.45, 7) is 4.02. The van der Waals surface area contributed by atoms with Crippen LogP contribution in [0.5, 0.6) is 0 Å². The maximum Gasteiger partial charge on any atom is 0.338 e. The van der Waals surface area contributed by atoms with Gasteiger partial charge in [0.05, 0.1) is 36.0 Å². The van der Waals surface area contributed by atoms with E-state index in [9.17, 15) is 14.4 Å². The van der Waals surface area contributed by atoms with Crippen molar-refractivity contribution in [3.63, 3.8) is 0 Å². The second kappa shape index (κ2) is 9.59. The average molecular weight is 510 g/mol. The highest BCUT2D eigenvalue weighted by Crippen LogP contribution is 2.31. The van der Waals surface area contributed by atoms with Crippen molar-refractivity contribution < 1.29 is 19.1 Å². The Morgan fingerprint density at radius 3 is 2.47 bits per heavy atom. The minimum absolute atomic E-state index is 0.0450. The van der Waals surface area contributed by atoms with Crippen LogP contribution in [0.4, 0.5) is 0 Å². The van der Waals surface area contributed by atoms with E-state index in [0.29, 0.717) is 16.5 Å². The highest BCUT2D eigenvalue weighted by atomic mass is 16.5. The molecule has 9 nitrogen and oxygen atoms in total. The molecule has 5 aromatic rings. The van der Waals surface area contributed by atoms with Gasteiger partial charge in [0.15, 0.2) is 5.78 Å². The summed E-state index contributed by atoms with van der Waals surface area (Å²) in [4.78, 5) is 52.7. The number of rotatable bonds is 6. The van der Waals surface area contributed by atoms with Crippen LogP contribution in [0.3, 0.4) is 0 Å². The van der Waals surface area contributed by atoms with Crippen LogP contribution >= 0.6 is 0 Å². The molecule has 0 bridgehead atoms. The lowest BCUT2D eigenvalue weighted by atomic mass is 9.95. The molecule has 0 aliphatic carbocycles. The first kappa shape index (κ1) is 24.9. The average Bonchev–Trinajstić information content (AvgIpc) is 3.48. The van der Waals surface area contributed by atoms with Crippen molar-refractivity contribution in [1.29, 1.82) is 0 Å². The highest BCUT2D eigenvalue weighted by Gasteiger charge is 2.28. The molecule has 9 heteroatoms. The van der Waals surface area contributed by atoms with E-state index >= 15 is 0 Å². The highest BCUT2D eigenvalue weighted by molar-refractivity contribution is 6.24. The van der Waals surface area contributed by atoms with E-state index in [1.165, 1.54) is 12.0 Å². The SMILES string of the molecule is COC(=O)c1cccc2[nH]c(C(=O)N(C)C)c(C(=O)c3ccc(C(C)n4c(C)nc5cnccc54)cc3)c12. The number of nitrogens with one attached hydrogen (secondary N) is 1. The fourth-order valence-electron chi connectivity index (χ4n) is 4.91. The summed E-state index contributed by atoms with van der Waals surface area (Å²) in [5.74, 6) is -0.466. The summed E-state index contributed by atoms with van der Waals surface area (Å²) < 4.78 is 7.08. The maximum absolute atomic E-state index is 13.9. The fraction of sp³-hybridized carbons (Fsp3) is 0.207. The number of aromatic nitrogens is 4. The third-order valence-corrected chi connectivity index (χ3v) is 6.79. The molecule has 5 rings (SSSR count). The minimum Gasteiger partial charge on any atom is -0.465 e. The monoisotopic (exact) mass is 509 g/mol. The van der Waals surface area contributed by atoms with Crippen molar-refractivity contribution in [3.05, 3.63) is 94.7 Å². The van der Waals surface area contributed by atoms with Crippen LogP contribution in [-0.2, 0) is 4.74 Å². The van der Waals surface area contributed by atoms with E-state index in [4.69, 9.17) is 4.74 Å². The second-order valence-electron chi connectivity index (χ2n) is 9.31. The van der Waals surface area contributed by atoms with Gasteiger partial charge in [-0.25, -0.2) is 9.78 Å². The van der Waals surface area contributed by atoms with Crippen LogP contribution in [0, 0.1) is 6.92 Å². The number of pyridine rings is 1. The Morgan fingerprint density at radius 1 is 1.05 bits per heavy atom. The number of hydrogen-bond donors (Lipinski definition) is 1. The molecule has 3 aromatic heterocycles. The standard InChI is InChI=1S/C29H27N5O4/c1-16(34-17(2)31-22-15-30-14-13-23(22)34)18-9-11-19(12-10-18)27(35)25-24-20(29(37)38-5)7-6-8-21(24)32-26(25)28(36)33(3)4/h6-16,32H,1-5H3. The molecule has 0 spiro atoms. The molecule has 1 amide bonds. The topological polar surface area (TPSA) is 110 Å². The van der Waals surface area contributed by atoms with Crippen LogP contribution in [0.1, 0.15) is 61.1 Å². The number of nitrogens with zero attached hydrogens (tertiary/aromatic N) is 4. The number of H-pyrrole nitrogens is 1. The predicted molar refractivity (Wildman–Crippen MR) is 144 cm³/mol. The summed E-state index contributed by atoms with van der Waals surface area (Å²) >= 11 is 0. The molecule has 0 saturated carbocycles. The van der Waals surface area contributed by atoms with Gasteiger partial charge in [-0.2, -0.15) is 0 Å². The number of ketones is 1. The molecule has 38 heavy (non-hydrogen) atoms. The van der Waals surface area contributed by atoms with Crippen molar-refractivity contribution in [2.75, 3.05) is 21.2 Å². The first-order valence-electron chi connectivity index (χ1n) is 12.1. The number of carbonyl (C=O) groups excluding carboxylic acids is 3. The lowest BCUT2D eigenvalue weighted by Gasteiger charge is -2.17. The molecule has 1 atom stereocenters. The number of aryl methyl sites for hydroxylation is 1. The number of ether oxygens (including phenoxy) is 1. The smallest absolute Gasteiger partial charge is 0.338 e. The first-order chi connectivity index (χ1) is 18.2. The third kappa shape index (κ3) is 4.02. The van der Waals surface area contributed by atoms with Crippen molar-refractivity contribution in [2.45, 2.75) is 19.9 Å². The van der Waals surface area contributed by atoms with E-state index in [2.05, 4.69) is 26.4 Å². The van der Waals surface area contributed by atoms with Crippen LogP contribution in [0.2, 0.25) is 0 Å². The molecule has 1 N–H and O–H groups in total. The summed E-state index contributed by atoms with van der Waals surface area (Å²) in [5, 5.41) is 0.362. The number of esters is 1. The Hall–Kier alpha value is -4.79. The Kier molecular flexibility index (Phi) is 6.28. The van der Waals surface area contributed by atoms with Gasteiger partial charge in [0, 0.05) is 36.8 Å². The summed E-state index contributed by atoms with van der Waals surface area (Å²) in [5.41, 5.74) is 4.16. The van der Waals surface area contributed by atoms with E-state index in [0.717, 1.165) is 22.4 Å². The number of fused-ring (bicyclic) bond motifs is 2. The van der Waals surface area contributed by atoms with Crippen LogP contribution < -0.4 is 0 Å². The van der Waals surface area contributed by atoms with Gasteiger partial charge in [0.2, 0.25) is 0 Å². The number of methoxy groups -OCH3 is 1. The molecule has 1 unspecified atom stereocenters. The number of imidazole rings is 1. The van der Waals surface area contributed by atoms with Gasteiger partial charge >= 0.3 is 5.97 Å². The van der Waals surface area contributed by atoms with Gasteiger partial charge in [-0.05, 0) is 37.6 Å². The zero-order valence-corrected chi connectivity index (χ0v) is 21.8. The number of carbonyl (C=O) groups is 3. The maximum atomic E-state index is 13.9. The van der Waals surface area contributed by atoms with Crippen molar-refractivity contribution in [1.82, 2.24) is 24.4 Å². The molecule has 0 radical (unpaired) electrons. The Bertz CT molecular complexity index is 1710. The van der Waals surface area contributed by atoms with E-state index < -0.39 is 5.97 Å². The number of hydrogen-bond acceptors (Lipinski definition) is 6. The normalized spacial score (nSPS) is 12.0. The summed E-state index contributed by atoms with van der Waals surface area (Å²) in [7, 11) is 4.50. The third-order valence-electron chi connectivity index (χ3n) is 6.79. The van der Waals surface area contributed by atoms with Crippen LogP contribution in [0.15, 0.2) is 60.9 Å². The van der Waals surface area contributed by atoms with Gasteiger partial charge in [-0.1, -0.05) is 30.3 Å². The molecule has 0 saturated heterocycles. The van der Waals surface area contributed by atoms with Crippen molar-refractivity contribution >= 4 is 39.6 Å². The van der Waals surface area contributed by atoms with Gasteiger partial charge in [-0.15, -0.1) is 0 Å². The largest absolute Gasteiger partial charge is 0.465 e. The molecule has 0 aliphatic rings. The van der Waals surface area contributed by atoms with Crippen LogP contribution in [-0.4, -0.2) is 63.3 Å². The minimum atomic E-state index is -0.588. The van der Waals surface area contributed by atoms with E-state index in [-0.39, 0.29) is 34.6 Å². The molecular formula is C29H27N5O4. The number of benzene rings is 2. The zero-order valence-electron chi connectivity index (χ0n) is 21.8. The van der Waals surface area contributed by atoms with E-state index in [1.807, 2.05) is 25.1 Å². The lowest BCUT2D eigenvalue weighted by molar-refractivity contribution is 0.0602. The molecule has 0 aliphatic heterocycles. The van der Waals surface area contributed by atoms with Gasteiger partial charge in [0.25, 0.3) is 5.91 Å². The molecule has 2 aromatic carbocycles. The summed E-state index contributed by atoms with van der Waals surface area (Å²) in [6.07, 6.45) is 3.48. The molecule has 3 heterocycles. The summed E-state index contributed by atoms with van der Waals surface area (Å²) in [6, 6.07) is 14.2. The molecule has 192 valence electrons. The van der Waals surface area contributed by atoms with Crippen LogP contribution in [0.25, 0.3) is 21.9 Å². The molecule has 0 fully saturated rings. The Balaban J connectivity index is 1.59. The van der Waals surface area contributed by atoms with Crippen molar-refractivity contribution in [2.24, 2.45) is 0 Å². The quantitative estimate of drug-likeness (QED) is 0.266. The Morgan fingerprint density at radius 2 is 1.79 bits per heavy atom. The van der Waals surface area contributed by atoms with Gasteiger partial charge < -0.3 is 19.2 Å². The number of aromatic amines is 1. The number of amides is 1. The van der Waals surface area contributed by atoms with Crippen molar-refractivity contribution in [3.8, 4) is 0 Å². The fourth-order valence-corrected chi connectivity index (χ4v) is 4.91. The van der Waals surface area contributed by atoms with Gasteiger partial charge in [0.1, 0.15) is 17.0 Å².